The minimum absolute atomic E-state index is 0. The Kier molecular flexibility index (Phi) is 6.31. The SMILES string of the molecule is Cc1ccc(N2CC(O)(c3ccc(-c4ccccc4)cc3)[N+]3=C2CCCCC3)cc1.[Br-]. The number of anilines is 1. The summed E-state index contributed by atoms with van der Waals surface area (Å²) in [4.78, 5) is 2.33. The van der Waals surface area contributed by atoms with Crippen molar-refractivity contribution in [3.8, 4) is 11.1 Å². The first-order valence-corrected chi connectivity index (χ1v) is 11.0. The number of halogens is 1. The summed E-state index contributed by atoms with van der Waals surface area (Å²) in [5, 5.41) is 12.0. The van der Waals surface area contributed by atoms with Crippen LogP contribution < -0.4 is 21.9 Å². The Hall–Kier alpha value is -2.43. The lowest BCUT2D eigenvalue weighted by Gasteiger charge is -2.24. The van der Waals surface area contributed by atoms with Gasteiger partial charge in [0.25, 0.3) is 11.6 Å². The van der Waals surface area contributed by atoms with Crippen LogP contribution in [0.2, 0.25) is 0 Å². The van der Waals surface area contributed by atoms with Gasteiger partial charge in [-0.2, -0.15) is 0 Å². The predicted molar refractivity (Wildman–Crippen MR) is 123 cm³/mol. The zero-order chi connectivity index (χ0) is 20.6. The molecule has 2 aliphatic heterocycles. The van der Waals surface area contributed by atoms with E-state index >= 15 is 0 Å². The first kappa shape index (κ1) is 21.8. The van der Waals surface area contributed by atoms with Crippen LogP contribution in [0.25, 0.3) is 11.1 Å². The van der Waals surface area contributed by atoms with E-state index in [9.17, 15) is 5.11 Å². The number of hydrogen-bond acceptors (Lipinski definition) is 2. The third-order valence-corrected chi connectivity index (χ3v) is 6.53. The molecule has 0 radical (unpaired) electrons. The van der Waals surface area contributed by atoms with Gasteiger partial charge in [-0.15, -0.1) is 0 Å². The molecule has 2 heterocycles. The maximum absolute atomic E-state index is 12.0. The minimum Gasteiger partial charge on any atom is -1.00 e. The van der Waals surface area contributed by atoms with Crippen LogP contribution in [-0.2, 0) is 5.72 Å². The lowest BCUT2D eigenvalue weighted by atomic mass is 9.98. The highest BCUT2D eigenvalue weighted by Gasteiger charge is 2.51. The van der Waals surface area contributed by atoms with E-state index in [0.29, 0.717) is 6.54 Å². The molecule has 1 N–H and O–H groups in total. The summed E-state index contributed by atoms with van der Waals surface area (Å²) >= 11 is 0. The van der Waals surface area contributed by atoms with E-state index in [0.717, 1.165) is 24.9 Å². The number of amidine groups is 1. The van der Waals surface area contributed by atoms with Crippen molar-refractivity contribution in [2.45, 2.75) is 38.3 Å². The number of nitrogens with zero attached hydrogens (tertiary/aromatic N) is 2. The van der Waals surface area contributed by atoms with Gasteiger partial charge in [-0.1, -0.05) is 72.3 Å². The molecule has 0 saturated heterocycles. The zero-order valence-electron chi connectivity index (χ0n) is 18.0. The summed E-state index contributed by atoms with van der Waals surface area (Å²) in [7, 11) is 0. The number of aryl methyl sites for hydroxylation is 1. The molecule has 1 unspecified atom stereocenters. The van der Waals surface area contributed by atoms with Crippen LogP contribution in [0, 0.1) is 6.92 Å². The summed E-state index contributed by atoms with van der Waals surface area (Å²) in [5.74, 6) is 1.26. The molecule has 5 rings (SSSR count). The average Bonchev–Trinajstić information content (AvgIpc) is 2.94. The molecular weight excluding hydrogens is 448 g/mol. The highest BCUT2D eigenvalue weighted by Crippen LogP contribution is 2.36. The van der Waals surface area contributed by atoms with Gasteiger partial charge < -0.3 is 22.1 Å². The second-order valence-electron chi connectivity index (χ2n) is 8.56. The van der Waals surface area contributed by atoms with E-state index < -0.39 is 5.72 Å². The quantitative estimate of drug-likeness (QED) is 0.587. The van der Waals surface area contributed by atoms with Gasteiger partial charge in [-0.25, -0.2) is 9.48 Å². The van der Waals surface area contributed by atoms with Crippen LogP contribution in [0.4, 0.5) is 5.69 Å². The van der Waals surface area contributed by atoms with E-state index in [1.807, 2.05) is 6.07 Å². The van der Waals surface area contributed by atoms with Gasteiger partial charge in [-0.05, 0) is 49.4 Å². The van der Waals surface area contributed by atoms with Crippen molar-refractivity contribution in [2.75, 3.05) is 18.0 Å². The molecule has 3 aromatic rings. The van der Waals surface area contributed by atoms with Gasteiger partial charge in [0.1, 0.15) is 5.69 Å². The lowest BCUT2D eigenvalue weighted by Crippen LogP contribution is -3.00. The lowest BCUT2D eigenvalue weighted by molar-refractivity contribution is -0.658. The van der Waals surface area contributed by atoms with E-state index in [-0.39, 0.29) is 17.0 Å². The molecule has 3 aromatic carbocycles. The van der Waals surface area contributed by atoms with Crippen molar-refractivity contribution in [2.24, 2.45) is 0 Å². The van der Waals surface area contributed by atoms with Crippen LogP contribution in [0.5, 0.6) is 0 Å². The molecule has 0 bridgehead atoms. The van der Waals surface area contributed by atoms with Gasteiger partial charge in [0.05, 0.1) is 6.54 Å². The highest BCUT2D eigenvalue weighted by atomic mass is 79.9. The van der Waals surface area contributed by atoms with Crippen molar-refractivity contribution in [1.82, 2.24) is 0 Å². The number of benzene rings is 3. The largest absolute Gasteiger partial charge is 1.00 e. The molecule has 160 valence electrons. The number of β-amino-alcohol motifs (C(OH)–C–C–N with tert-alkyl or cyclic N) is 1. The molecule has 4 heteroatoms. The molecule has 0 fully saturated rings. The van der Waals surface area contributed by atoms with Crippen LogP contribution in [0.15, 0.2) is 78.9 Å². The summed E-state index contributed by atoms with van der Waals surface area (Å²) in [6.45, 7) is 3.58. The second kappa shape index (κ2) is 8.97. The Morgan fingerprint density at radius 3 is 2.19 bits per heavy atom. The summed E-state index contributed by atoms with van der Waals surface area (Å²) in [6.07, 6.45) is 4.52. The topological polar surface area (TPSA) is 26.5 Å². The maximum atomic E-state index is 12.0. The monoisotopic (exact) mass is 476 g/mol. The molecule has 0 saturated carbocycles. The van der Waals surface area contributed by atoms with Crippen LogP contribution in [0.3, 0.4) is 0 Å². The molecule has 0 aliphatic carbocycles. The zero-order valence-corrected chi connectivity index (χ0v) is 19.6. The van der Waals surface area contributed by atoms with Gasteiger partial charge in [-0.3, -0.25) is 0 Å². The van der Waals surface area contributed by atoms with Gasteiger partial charge in [0.2, 0.25) is 0 Å². The number of aliphatic hydroxyl groups is 1. The normalized spacial score (nSPS) is 20.8. The molecule has 3 nitrogen and oxygen atoms in total. The van der Waals surface area contributed by atoms with Crippen molar-refractivity contribution >= 4 is 11.5 Å². The Labute approximate surface area is 195 Å². The van der Waals surface area contributed by atoms with Crippen LogP contribution >= 0.6 is 0 Å². The van der Waals surface area contributed by atoms with E-state index in [1.165, 1.54) is 41.1 Å². The molecule has 0 aromatic heterocycles. The fourth-order valence-electron chi connectivity index (χ4n) is 4.84. The third kappa shape index (κ3) is 4.07. The first-order chi connectivity index (χ1) is 14.6. The Morgan fingerprint density at radius 2 is 1.48 bits per heavy atom. The Balaban J connectivity index is 0.00000231. The maximum Gasteiger partial charge on any atom is 0.271 e. The molecule has 2 aliphatic rings. The summed E-state index contributed by atoms with van der Waals surface area (Å²) < 4.78 is 2.26. The smallest absolute Gasteiger partial charge is 0.271 e. The van der Waals surface area contributed by atoms with Crippen LogP contribution in [-0.4, -0.2) is 28.6 Å². The van der Waals surface area contributed by atoms with Gasteiger partial charge >= 0.3 is 0 Å². The highest BCUT2D eigenvalue weighted by molar-refractivity contribution is 5.95. The third-order valence-electron chi connectivity index (χ3n) is 6.53. The minimum atomic E-state index is -1.00. The molecular formula is C27H29BrN2O. The van der Waals surface area contributed by atoms with E-state index in [4.69, 9.17) is 0 Å². The number of hydrogen-bond donors (Lipinski definition) is 1. The standard InChI is InChI=1S/C27H29N2O.BrH/c1-21-11-17-25(18-12-21)28-20-27(30,29-19-7-3-6-10-26(28)29)24-15-13-23(14-16-24)22-8-4-2-5-9-22;/h2,4-5,8-9,11-18,30H,3,6-7,10,19-20H2,1H3;1H/q+1;/p-1. The van der Waals surface area contributed by atoms with Crippen molar-refractivity contribution in [3.63, 3.8) is 0 Å². The summed E-state index contributed by atoms with van der Waals surface area (Å²) in [6, 6.07) is 27.5. The van der Waals surface area contributed by atoms with Crippen molar-refractivity contribution in [1.29, 1.82) is 0 Å². The molecule has 31 heavy (non-hydrogen) atoms. The van der Waals surface area contributed by atoms with Crippen molar-refractivity contribution in [3.05, 3.63) is 90.0 Å². The average molecular weight is 477 g/mol. The Morgan fingerprint density at radius 1 is 0.806 bits per heavy atom. The fraction of sp³-hybridized carbons (Fsp3) is 0.296. The number of rotatable bonds is 3. The van der Waals surface area contributed by atoms with Crippen LogP contribution in [0.1, 0.15) is 36.8 Å². The van der Waals surface area contributed by atoms with E-state index in [1.54, 1.807) is 0 Å². The predicted octanol–water partition coefficient (Wildman–Crippen LogP) is 2.32. The molecule has 1 atom stereocenters. The second-order valence-corrected chi connectivity index (χ2v) is 8.56. The van der Waals surface area contributed by atoms with E-state index in [2.05, 4.69) is 89.2 Å². The first-order valence-electron chi connectivity index (χ1n) is 11.0. The van der Waals surface area contributed by atoms with Gasteiger partial charge in [0.15, 0.2) is 6.54 Å². The Bertz CT molecular complexity index is 1060. The molecule has 0 spiro atoms. The van der Waals surface area contributed by atoms with Crippen molar-refractivity contribution < 1.29 is 26.7 Å². The molecule has 0 amide bonds. The fourth-order valence-corrected chi connectivity index (χ4v) is 4.84. The summed E-state index contributed by atoms with van der Waals surface area (Å²) in [5.41, 5.74) is 4.77. The van der Waals surface area contributed by atoms with Gasteiger partial charge in [0, 0.05) is 12.0 Å².